The molecule has 36 heavy (non-hydrogen) atoms. The van der Waals surface area contributed by atoms with Crippen molar-refractivity contribution >= 4 is 34.7 Å². The summed E-state index contributed by atoms with van der Waals surface area (Å²) >= 11 is 0. The lowest BCUT2D eigenvalue weighted by atomic mass is 9.90. The molecular weight excluding hydrogens is 465 g/mol. The number of halogens is 1. The molecule has 0 saturated heterocycles. The van der Waals surface area contributed by atoms with Crippen LogP contribution in [0.4, 0.5) is 10.1 Å². The summed E-state index contributed by atoms with van der Waals surface area (Å²) in [6.07, 6.45) is 6.86. The summed E-state index contributed by atoms with van der Waals surface area (Å²) in [5, 5.41) is 12.5. The number of amides is 1. The highest BCUT2D eigenvalue weighted by molar-refractivity contribution is 6.02. The zero-order valence-corrected chi connectivity index (χ0v) is 18.6. The molecule has 2 aromatic heterocycles. The molecule has 0 aliphatic heterocycles. The highest BCUT2D eigenvalue weighted by Gasteiger charge is 2.26. The summed E-state index contributed by atoms with van der Waals surface area (Å²) in [5.41, 5.74) is 3.06. The third kappa shape index (κ3) is 4.76. The Bertz CT molecular complexity index is 1590. The van der Waals surface area contributed by atoms with E-state index in [1.165, 1.54) is 37.1 Å². The Morgan fingerprint density at radius 3 is 2.69 bits per heavy atom. The SMILES string of the molecule is O=C(C=Cc1ccc(C(C(=O)O)c2ccc3ocnc3c2)c(F)c1)Nc1cccc(-c2cnco2)c1. The van der Waals surface area contributed by atoms with E-state index in [-0.39, 0.29) is 5.56 Å². The van der Waals surface area contributed by atoms with Gasteiger partial charge < -0.3 is 19.3 Å². The van der Waals surface area contributed by atoms with Gasteiger partial charge in [0.2, 0.25) is 5.91 Å². The Kier molecular flexibility index (Phi) is 6.10. The summed E-state index contributed by atoms with van der Waals surface area (Å²) in [6, 6.07) is 15.9. The molecule has 5 aromatic rings. The molecule has 9 heteroatoms. The number of hydrogen-bond acceptors (Lipinski definition) is 6. The Balaban J connectivity index is 1.32. The molecule has 2 N–H and O–H groups in total. The van der Waals surface area contributed by atoms with Crippen LogP contribution in [-0.4, -0.2) is 27.0 Å². The molecule has 178 valence electrons. The molecular formula is C27H18FN3O5. The second-order valence-corrected chi connectivity index (χ2v) is 7.90. The lowest BCUT2D eigenvalue weighted by Crippen LogP contribution is -2.14. The highest BCUT2D eigenvalue weighted by atomic mass is 19.1. The number of carboxylic acid groups (broad SMARTS) is 1. The standard InChI is InChI=1S/C27H18FN3O5/c28-21-10-16(5-9-25(32)31-19-3-1-2-17(11-19)24-13-29-14-35-24)4-7-20(21)26(27(33)34)18-6-8-23-22(12-18)30-15-36-23/h1-15,26H,(H,31,32)(H,33,34). The number of aromatic nitrogens is 2. The summed E-state index contributed by atoms with van der Waals surface area (Å²) in [5.74, 6) is -2.99. The van der Waals surface area contributed by atoms with Gasteiger partial charge in [-0.15, -0.1) is 0 Å². The second-order valence-electron chi connectivity index (χ2n) is 7.90. The highest BCUT2D eigenvalue weighted by Crippen LogP contribution is 2.30. The van der Waals surface area contributed by atoms with Gasteiger partial charge in [0.25, 0.3) is 0 Å². The van der Waals surface area contributed by atoms with Gasteiger partial charge in [-0.2, -0.15) is 0 Å². The van der Waals surface area contributed by atoms with Gasteiger partial charge in [0.05, 0.1) is 6.20 Å². The number of fused-ring (bicyclic) bond motifs is 1. The lowest BCUT2D eigenvalue weighted by Gasteiger charge is -2.14. The van der Waals surface area contributed by atoms with Crippen LogP contribution in [0.15, 0.2) is 94.6 Å². The van der Waals surface area contributed by atoms with Crippen LogP contribution in [0.25, 0.3) is 28.5 Å². The summed E-state index contributed by atoms with van der Waals surface area (Å²) < 4.78 is 25.5. The molecule has 8 nitrogen and oxygen atoms in total. The minimum atomic E-state index is -1.23. The molecule has 1 unspecified atom stereocenters. The van der Waals surface area contributed by atoms with Gasteiger partial charge in [-0.3, -0.25) is 9.59 Å². The number of hydrogen-bond donors (Lipinski definition) is 2. The fourth-order valence-electron chi connectivity index (χ4n) is 3.86. The number of carbonyl (C=O) groups is 2. The average molecular weight is 483 g/mol. The van der Waals surface area contributed by atoms with E-state index in [0.717, 1.165) is 5.56 Å². The first-order valence-corrected chi connectivity index (χ1v) is 10.8. The smallest absolute Gasteiger partial charge is 0.315 e. The number of anilines is 1. The van der Waals surface area contributed by atoms with Gasteiger partial charge in [0, 0.05) is 22.9 Å². The first-order chi connectivity index (χ1) is 17.5. The maximum absolute atomic E-state index is 15.0. The number of aliphatic carboxylic acids is 1. The lowest BCUT2D eigenvalue weighted by molar-refractivity contribution is -0.137. The molecule has 0 spiro atoms. The zero-order valence-electron chi connectivity index (χ0n) is 18.6. The van der Waals surface area contributed by atoms with Crippen LogP contribution in [0, 0.1) is 5.82 Å². The van der Waals surface area contributed by atoms with E-state index in [9.17, 15) is 14.7 Å². The summed E-state index contributed by atoms with van der Waals surface area (Å²) in [7, 11) is 0. The Morgan fingerprint density at radius 2 is 1.92 bits per heavy atom. The molecule has 5 rings (SSSR count). The number of nitrogens with zero attached hydrogens (tertiary/aromatic N) is 2. The third-order valence-corrected chi connectivity index (χ3v) is 5.54. The van der Waals surface area contributed by atoms with E-state index in [4.69, 9.17) is 8.83 Å². The van der Waals surface area contributed by atoms with Crippen LogP contribution in [0.1, 0.15) is 22.6 Å². The van der Waals surface area contributed by atoms with Gasteiger partial charge in [0.1, 0.15) is 17.3 Å². The van der Waals surface area contributed by atoms with Gasteiger partial charge in [-0.05, 0) is 47.5 Å². The van der Waals surface area contributed by atoms with Crippen molar-refractivity contribution in [2.75, 3.05) is 5.32 Å². The van der Waals surface area contributed by atoms with Crippen LogP contribution in [0.2, 0.25) is 0 Å². The maximum atomic E-state index is 15.0. The Morgan fingerprint density at radius 1 is 1.03 bits per heavy atom. The monoisotopic (exact) mass is 483 g/mol. The third-order valence-electron chi connectivity index (χ3n) is 5.54. The quantitative estimate of drug-likeness (QED) is 0.294. The molecule has 0 fully saturated rings. The van der Waals surface area contributed by atoms with Crippen molar-refractivity contribution < 1.29 is 27.9 Å². The number of rotatable bonds is 7. The largest absolute Gasteiger partial charge is 0.481 e. The number of oxazole rings is 2. The zero-order chi connectivity index (χ0) is 25.1. The normalized spacial score (nSPS) is 12.1. The van der Waals surface area contributed by atoms with Crippen LogP contribution in [0.5, 0.6) is 0 Å². The predicted molar refractivity (Wildman–Crippen MR) is 129 cm³/mol. The van der Waals surface area contributed by atoms with Crippen molar-refractivity contribution in [1.82, 2.24) is 9.97 Å². The van der Waals surface area contributed by atoms with Crippen LogP contribution in [-0.2, 0) is 9.59 Å². The van der Waals surface area contributed by atoms with Crippen LogP contribution in [0.3, 0.4) is 0 Å². The number of benzene rings is 3. The molecule has 2 heterocycles. The maximum Gasteiger partial charge on any atom is 0.315 e. The van der Waals surface area contributed by atoms with Crippen molar-refractivity contribution in [3.63, 3.8) is 0 Å². The predicted octanol–water partition coefficient (Wildman–Crippen LogP) is 5.49. The van der Waals surface area contributed by atoms with E-state index in [1.54, 1.807) is 48.7 Å². The van der Waals surface area contributed by atoms with E-state index >= 15 is 4.39 Å². The van der Waals surface area contributed by atoms with Crippen molar-refractivity contribution in [3.05, 3.63) is 108 Å². The van der Waals surface area contributed by atoms with Crippen molar-refractivity contribution in [2.24, 2.45) is 0 Å². The van der Waals surface area contributed by atoms with Crippen molar-refractivity contribution in [3.8, 4) is 11.3 Å². The van der Waals surface area contributed by atoms with E-state index in [0.29, 0.717) is 33.7 Å². The second kappa shape index (κ2) is 9.67. The van der Waals surface area contributed by atoms with Gasteiger partial charge in [-0.25, -0.2) is 14.4 Å². The topological polar surface area (TPSA) is 118 Å². The van der Waals surface area contributed by atoms with Gasteiger partial charge in [-0.1, -0.05) is 30.3 Å². The number of nitrogens with one attached hydrogen (secondary N) is 1. The van der Waals surface area contributed by atoms with Crippen LogP contribution >= 0.6 is 0 Å². The molecule has 0 aliphatic rings. The minimum absolute atomic E-state index is 0.00354. The molecule has 0 radical (unpaired) electrons. The van der Waals surface area contributed by atoms with E-state index in [2.05, 4.69) is 15.3 Å². The average Bonchev–Trinajstić information content (AvgIpc) is 3.56. The summed E-state index contributed by atoms with van der Waals surface area (Å²) in [4.78, 5) is 32.3. The van der Waals surface area contributed by atoms with Crippen molar-refractivity contribution in [2.45, 2.75) is 5.92 Å². The minimum Gasteiger partial charge on any atom is -0.481 e. The number of carboxylic acids is 1. The molecule has 0 bridgehead atoms. The molecule has 0 saturated carbocycles. The fraction of sp³-hybridized carbons (Fsp3) is 0.0370. The first kappa shape index (κ1) is 22.7. The van der Waals surface area contributed by atoms with Crippen LogP contribution < -0.4 is 5.32 Å². The van der Waals surface area contributed by atoms with Crippen molar-refractivity contribution in [1.29, 1.82) is 0 Å². The number of carbonyl (C=O) groups excluding carboxylic acids is 1. The van der Waals surface area contributed by atoms with Gasteiger partial charge >= 0.3 is 5.97 Å². The molecule has 3 aromatic carbocycles. The Labute approximate surface area is 203 Å². The molecule has 1 atom stereocenters. The first-order valence-electron chi connectivity index (χ1n) is 10.8. The Hall–Kier alpha value is -5.05. The van der Waals surface area contributed by atoms with Gasteiger partial charge in [0.15, 0.2) is 24.1 Å². The fourth-order valence-corrected chi connectivity index (χ4v) is 3.86. The molecule has 1 amide bonds. The van der Waals surface area contributed by atoms with E-state index in [1.807, 2.05) is 6.07 Å². The molecule has 0 aliphatic carbocycles. The summed E-state index contributed by atoms with van der Waals surface area (Å²) in [6.45, 7) is 0. The van der Waals surface area contributed by atoms with E-state index < -0.39 is 23.6 Å².